The summed E-state index contributed by atoms with van der Waals surface area (Å²) in [5.74, 6) is -0.0142. The van der Waals surface area contributed by atoms with Gasteiger partial charge in [-0.1, -0.05) is 60.7 Å². The Labute approximate surface area is 173 Å². The highest BCUT2D eigenvalue weighted by Crippen LogP contribution is 2.21. The first-order chi connectivity index (χ1) is 14.7. The van der Waals surface area contributed by atoms with Crippen LogP contribution in [0, 0.1) is 0 Å². The summed E-state index contributed by atoms with van der Waals surface area (Å²) in [4.78, 5) is 29.2. The largest absolute Gasteiger partial charge is 0.452 e. The molecule has 0 unspecified atom stereocenters. The van der Waals surface area contributed by atoms with Gasteiger partial charge in [0.15, 0.2) is 12.4 Å². The van der Waals surface area contributed by atoms with Crippen molar-refractivity contribution in [3.8, 4) is 11.3 Å². The standard InChI is InChI=1S/C24H18N2O4/c27-23(18-11-5-2-6-12-18)26-20-14-8-7-13-19(20)24(28)29-16-22-25-15-21(30-22)17-9-3-1-4-10-17/h1-15H,16H2,(H,26,27). The Morgan fingerprint density at radius 3 is 2.30 bits per heavy atom. The number of rotatable bonds is 6. The van der Waals surface area contributed by atoms with Gasteiger partial charge in [0, 0.05) is 11.1 Å². The first kappa shape index (κ1) is 19.1. The molecule has 0 saturated carbocycles. The van der Waals surface area contributed by atoms with E-state index in [1.54, 1.807) is 54.7 Å². The summed E-state index contributed by atoms with van der Waals surface area (Å²) in [7, 11) is 0. The lowest BCUT2D eigenvalue weighted by Crippen LogP contribution is -2.15. The number of oxazole rings is 1. The number of nitrogens with one attached hydrogen (secondary N) is 1. The first-order valence-corrected chi connectivity index (χ1v) is 9.33. The van der Waals surface area contributed by atoms with Gasteiger partial charge in [-0.15, -0.1) is 0 Å². The van der Waals surface area contributed by atoms with Crippen molar-refractivity contribution < 1.29 is 18.7 Å². The predicted molar refractivity (Wildman–Crippen MR) is 112 cm³/mol. The molecule has 0 aliphatic heterocycles. The number of para-hydroxylation sites is 1. The quantitative estimate of drug-likeness (QED) is 0.465. The van der Waals surface area contributed by atoms with Crippen molar-refractivity contribution in [3.63, 3.8) is 0 Å². The van der Waals surface area contributed by atoms with Gasteiger partial charge in [-0.05, 0) is 24.3 Å². The molecule has 6 nitrogen and oxygen atoms in total. The molecule has 0 bridgehead atoms. The number of carbonyl (C=O) groups excluding carboxylic acids is 2. The van der Waals surface area contributed by atoms with Gasteiger partial charge >= 0.3 is 5.97 Å². The molecule has 3 aromatic carbocycles. The second-order valence-corrected chi connectivity index (χ2v) is 6.43. The molecule has 1 N–H and O–H groups in total. The highest BCUT2D eigenvalue weighted by atomic mass is 16.5. The van der Waals surface area contributed by atoms with Crippen LogP contribution in [0.15, 0.2) is 95.5 Å². The molecule has 0 aliphatic carbocycles. The monoisotopic (exact) mass is 398 g/mol. The van der Waals surface area contributed by atoms with Crippen LogP contribution in [0.25, 0.3) is 11.3 Å². The van der Waals surface area contributed by atoms with E-state index in [1.807, 2.05) is 36.4 Å². The third-order valence-electron chi connectivity index (χ3n) is 4.37. The number of esters is 1. The van der Waals surface area contributed by atoms with E-state index in [0.29, 0.717) is 17.0 Å². The molecule has 4 rings (SSSR count). The van der Waals surface area contributed by atoms with Gasteiger partial charge in [0.25, 0.3) is 5.91 Å². The van der Waals surface area contributed by atoms with Crippen LogP contribution in [0.3, 0.4) is 0 Å². The average Bonchev–Trinajstić information content (AvgIpc) is 3.28. The maximum absolute atomic E-state index is 12.6. The highest BCUT2D eigenvalue weighted by Gasteiger charge is 2.16. The molecule has 0 atom stereocenters. The molecule has 6 heteroatoms. The topological polar surface area (TPSA) is 81.4 Å². The van der Waals surface area contributed by atoms with Gasteiger partial charge in [0.05, 0.1) is 17.4 Å². The van der Waals surface area contributed by atoms with Gasteiger partial charge in [0.2, 0.25) is 5.89 Å². The second kappa shape index (κ2) is 8.87. The second-order valence-electron chi connectivity index (χ2n) is 6.43. The predicted octanol–water partition coefficient (Wildman–Crippen LogP) is 4.95. The van der Waals surface area contributed by atoms with Crippen molar-refractivity contribution in [2.75, 3.05) is 5.32 Å². The summed E-state index contributed by atoms with van der Waals surface area (Å²) in [6, 6.07) is 25.0. The van der Waals surface area contributed by atoms with Crippen LogP contribution >= 0.6 is 0 Å². The van der Waals surface area contributed by atoms with Gasteiger partial charge in [-0.2, -0.15) is 0 Å². The van der Waals surface area contributed by atoms with Crippen LogP contribution in [0.4, 0.5) is 5.69 Å². The molecule has 0 aliphatic rings. The first-order valence-electron chi connectivity index (χ1n) is 9.33. The molecule has 0 radical (unpaired) electrons. The summed E-state index contributed by atoms with van der Waals surface area (Å²) in [5.41, 5.74) is 2.00. The number of anilines is 1. The number of carbonyl (C=O) groups is 2. The normalized spacial score (nSPS) is 10.4. The Balaban J connectivity index is 1.43. The summed E-state index contributed by atoms with van der Waals surface area (Å²) in [6.07, 6.45) is 1.59. The van der Waals surface area contributed by atoms with Crippen molar-refractivity contribution in [3.05, 3.63) is 108 Å². The van der Waals surface area contributed by atoms with E-state index >= 15 is 0 Å². The van der Waals surface area contributed by atoms with E-state index in [9.17, 15) is 9.59 Å². The smallest absolute Gasteiger partial charge is 0.340 e. The fourth-order valence-corrected chi connectivity index (χ4v) is 2.87. The number of nitrogens with zero attached hydrogens (tertiary/aromatic N) is 1. The number of ether oxygens (including phenoxy) is 1. The Hall–Kier alpha value is -4.19. The van der Waals surface area contributed by atoms with Crippen LogP contribution in [0.5, 0.6) is 0 Å². The third kappa shape index (κ3) is 4.44. The zero-order chi connectivity index (χ0) is 20.8. The van der Waals surface area contributed by atoms with Crippen LogP contribution in [0.1, 0.15) is 26.6 Å². The zero-order valence-corrected chi connectivity index (χ0v) is 15.9. The number of aromatic nitrogens is 1. The minimum absolute atomic E-state index is 0.118. The summed E-state index contributed by atoms with van der Waals surface area (Å²) >= 11 is 0. The van der Waals surface area contributed by atoms with Gasteiger partial charge in [0.1, 0.15) is 0 Å². The van der Waals surface area contributed by atoms with Gasteiger partial charge in [-0.3, -0.25) is 4.79 Å². The van der Waals surface area contributed by atoms with Crippen molar-refractivity contribution >= 4 is 17.6 Å². The fourth-order valence-electron chi connectivity index (χ4n) is 2.87. The Morgan fingerprint density at radius 1 is 0.867 bits per heavy atom. The van der Waals surface area contributed by atoms with E-state index in [-0.39, 0.29) is 24.0 Å². The fraction of sp³-hybridized carbons (Fsp3) is 0.0417. The molecular weight excluding hydrogens is 380 g/mol. The van der Waals surface area contributed by atoms with Crippen molar-refractivity contribution in [1.29, 1.82) is 0 Å². The number of amides is 1. The summed E-state index contributed by atoms with van der Waals surface area (Å²) in [6.45, 7) is -0.118. The van der Waals surface area contributed by atoms with E-state index in [1.165, 1.54) is 0 Å². The lowest BCUT2D eigenvalue weighted by Gasteiger charge is -2.10. The summed E-state index contributed by atoms with van der Waals surface area (Å²) < 4.78 is 11.0. The van der Waals surface area contributed by atoms with Crippen molar-refractivity contribution in [2.24, 2.45) is 0 Å². The van der Waals surface area contributed by atoms with E-state index in [4.69, 9.17) is 9.15 Å². The van der Waals surface area contributed by atoms with Crippen LogP contribution < -0.4 is 5.32 Å². The number of hydrogen-bond donors (Lipinski definition) is 1. The van der Waals surface area contributed by atoms with Gasteiger partial charge < -0.3 is 14.5 Å². The van der Waals surface area contributed by atoms with E-state index in [2.05, 4.69) is 10.3 Å². The van der Waals surface area contributed by atoms with E-state index < -0.39 is 5.97 Å². The molecule has 1 heterocycles. The molecule has 30 heavy (non-hydrogen) atoms. The molecule has 1 amide bonds. The Morgan fingerprint density at radius 2 is 1.53 bits per heavy atom. The minimum atomic E-state index is -0.585. The zero-order valence-electron chi connectivity index (χ0n) is 15.9. The van der Waals surface area contributed by atoms with Crippen LogP contribution in [-0.4, -0.2) is 16.9 Å². The van der Waals surface area contributed by atoms with E-state index in [0.717, 1.165) is 5.56 Å². The molecule has 4 aromatic rings. The minimum Gasteiger partial charge on any atom is -0.452 e. The molecular formula is C24H18N2O4. The van der Waals surface area contributed by atoms with Gasteiger partial charge in [-0.25, -0.2) is 9.78 Å². The maximum atomic E-state index is 12.6. The highest BCUT2D eigenvalue weighted by molar-refractivity contribution is 6.07. The Bertz CT molecular complexity index is 1150. The van der Waals surface area contributed by atoms with Crippen LogP contribution in [-0.2, 0) is 11.3 Å². The summed E-state index contributed by atoms with van der Waals surface area (Å²) in [5, 5.41) is 2.75. The lowest BCUT2D eigenvalue weighted by atomic mass is 10.1. The van der Waals surface area contributed by atoms with Crippen molar-refractivity contribution in [2.45, 2.75) is 6.61 Å². The SMILES string of the molecule is O=C(Nc1ccccc1C(=O)OCc1ncc(-c2ccccc2)o1)c1ccccc1. The number of benzene rings is 3. The molecule has 1 aromatic heterocycles. The third-order valence-corrected chi connectivity index (χ3v) is 4.37. The molecule has 0 saturated heterocycles. The maximum Gasteiger partial charge on any atom is 0.340 e. The molecule has 0 fully saturated rings. The van der Waals surface area contributed by atoms with Crippen molar-refractivity contribution in [1.82, 2.24) is 4.98 Å². The number of hydrogen-bond acceptors (Lipinski definition) is 5. The van der Waals surface area contributed by atoms with Crippen LogP contribution in [0.2, 0.25) is 0 Å². The molecule has 148 valence electrons. The lowest BCUT2D eigenvalue weighted by molar-refractivity contribution is 0.0440. The molecule has 0 spiro atoms. The Kier molecular flexibility index (Phi) is 5.66. The average molecular weight is 398 g/mol.